The van der Waals surface area contributed by atoms with Gasteiger partial charge in [-0.15, -0.1) is 11.8 Å². The Labute approximate surface area is 148 Å². The van der Waals surface area contributed by atoms with E-state index in [1.165, 1.54) is 83.5 Å². The van der Waals surface area contributed by atoms with Gasteiger partial charge in [-0.3, -0.25) is 0 Å². The topological polar surface area (TPSA) is 0 Å². The third kappa shape index (κ3) is 17.7. The molecule has 0 amide bonds. The molecule has 23 heavy (non-hydrogen) atoms. The van der Waals surface area contributed by atoms with Gasteiger partial charge in [-0.05, 0) is 25.2 Å². The first-order chi connectivity index (χ1) is 11.3. The van der Waals surface area contributed by atoms with Crippen LogP contribution in [0.25, 0.3) is 0 Å². The van der Waals surface area contributed by atoms with Gasteiger partial charge in [0.15, 0.2) is 0 Å². The van der Waals surface area contributed by atoms with Crippen LogP contribution in [-0.2, 0) is 0 Å². The SMILES string of the molecule is [CH2]CCCCCCCC#CCCCC(CC)CCCCCC[CH2]. The largest absolute Gasteiger partial charge is 0.103 e. The Hall–Kier alpha value is -0.440. The van der Waals surface area contributed by atoms with Crippen LogP contribution in [0.5, 0.6) is 0 Å². The zero-order chi connectivity index (χ0) is 17.0. The second kappa shape index (κ2) is 19.6. The summed E-state index contributed by atoms with van der Waals surface area (Å²) in [7, 11) is 0. The molecule has 0 aromatic carbocycles. The molecule has 0 aliphatic heterocycles. The Bertz CT molecular complexity index is 267. The van der Waals surface area contributed by atoms with E-state index in [1.807, 2.05) is 0 Å². The van der Waals surface area contributed by atoms with E-state index in [1.54, 1.807) is 0 Å². The Morgan fingerprint density at radius 2 is 1.09 bits per heavy atom. The van der Waals surface area contributed by atoms with Crippen LogP contribution in [0, 0.1) is 31.6 Å². The maximum Gasteiger partial charge on any atom is 0.00887 e. The smallest absolute Gasteiger partial charge is 0.00887 e. The van der Waals surface area contributed by atoms with Crippen molar-refractivity contribution in [2.45, 2.75) is 116 Å². The normalized spacial score (nSPS) is 12.0. The molecule has 134 valence electrons. The average molecular weight is 319 g/mol. The van der Waals surface area contributed by atoms with E-state index in [4.69, 9.17) is 0 Å². The van der Waals surface area contributed by atoms with Crippen LogP contribution in [-0.4, -0.2) is 0 Å². The quantitative estimate of drug-likeness (QED) is 0.200. The van der Waals surface area contributed by atoms with Crippen molar-refractivity contribution in [2.24, 2.45) is 5.92 Å². The zero-order valence-corrected chi connectivity index (χ0v) is 16.0. The monoisotopic (exact) mass is 318 g/mol. The summed E-state index contributed by atoms with van der Waals surface area (Å²) in [6, 6.07) is 0. The maximum atomic E-state index is 3.91. The van der Waals surface area contributed by atoms with Crippen molar-refractivity contribution in [1.82, 2.24) is 0 Å². The van der Waals surface area contributed by atoms with Crippen molar-refractivity contribution in [2.75, 3.05) is 0 Å². The standard InChI is InChI=1S/C23H42/c1-4-7-9-11-12-13-14-15-16-18-20-22-23(6-3)21-19-17-10-8-5-2/h23H,1-2,4-14,17-22H2,3H3. The molecule has 0 N–H and O–H groups in total. The predicted octanol–water partition coefficient (Wildman–Crippen LogP) is 7.93. The Morgan fingerprint density at radius 1 is 0.609 bits per heavy atom. The third-order valence-electron chi connectivity index (χ3n) is 4.78. The Kier molecular flexibility index (Phi) is 19.2. The molecule has 2 radical (unpaired) electrons. The van der Waals surface area contributed by atoms with Gasteiger partial charge in [-0.2, -0.15) is 0 Å². The molecule has 1 atom stereocenters. The summed E-state index contributed by atoms with van der Waals surface area (Å²) in [6.07, 6.45) is 22.0. The van der Waals surface area contributed by atoms with Crippen LogP contribution >= 0.6 is 0 Å². The summed E-state index contributed by atoms with van der Waals surface area (Å²) < 4.78 is 0. The molecule has 0 aliphatic rings. The fourth-order valence-corrected chi connectivity index (χ4v) is 3.09. The Morgan fingerprint density at radius 3 is 1.70 bits per heavy atom. The lowest BCUT2D eigenvalue weighted by Crippen LogP contribution is -1.98. The van der Waals surface area contributed by atoms with Crippen LogP contribution in [0.2, 0.25) is 0 Å². The molecule has 0 fully saturated rings. The van der Waals surface area contributed by atoms with E-state index in [9.17, 15) is 0 Å². The molecular formula is C23H42. The van der Waals surface area contributed by atoms with E-state index in [0.29, 0.717) is 0 Å². The van der Waals surface area contributed by atoms with Gasteiger partial charge in [0.1, 0.15) is 0 Å². The molecule has 0 aliphatic carbocycles. The summed E-state index contributed by atoms with van der Waals surface area (Å²) in [6.45, 7) is 10.1. The minimum Gasteiger partial charge on any atom is -0.103 e. The van der Waals surface area contributed by atoms with E-state index in [-0.39, 0.29) is 0 Å². The molecule has 0 aromatic heterocycles. The number of hydrogen-bond acceptors (Lipinski definition) is 0. The van der Waals surface area contributed by atoms with Crippen molar-refractivity contribution < 1.29 is 0 Å². The van der Waals surface area contributed by atoms with Gasteiger partial charge in [-0.1, -0.05) is 97.8 Å². The van der Waals surface area contributed by atoms with Crippen LogP contribution in [0.15, 0.2) is 0 Å². The second-order valence-corrected chi connectivity index (χ2v) is 6.95. The van der Waals surface area contributed by atoms with Gasteiger partial charge in [0.2, 0.25) is 0 Å². The van der Waals surface area contributed by atoms with Gasteiger partial charge in [-0.25, -0.2) is 0 Å². The van der Waals surface area contributed by atoms with Crippen molar-refractivity contribution in [1.29, 1.82) is 0 Å². The first kappa shape index (κ1) is 22.6. The minimum atomic E-state index is 0.935. The van der Waals surface area contributed by atoms with Crippen molar-refractivity contribution in [3.05, 3.63) is 13.8 Å². The summed E-state index contributed by atoms with van der Waals surface area (Å²) in [4.78, 5) is 0. The molecular weight excluding hydrogens is 276 g/mol. The van der Waals surface area contributed by atoms with Gasteiger partial charge in [0.05, 0.1) is 0 Å². The highest BCUT2D eigenvalue weighted by Gasteiger charge is 2.05. The number of unbranched alkanes of at least 4 members (excludes halogenated alkanes) is 11. The molecule has 0 heterocycles. The molecule has 0 bridgehead atoms. The first-order valence-corrected chi connectivity index (χ1v) is 10.4. The molecule has 1 unspecified atom stereocenters. The van der Waals surface area contributed by atoms with Gasteiger partial charge in [0, 0.05) is 12.8 Å². The summed E-state index contributed by atoms with van der Waals surface area (Å²) in [5.74, 6) is 7.68. The summed E-state index contributed by atoms with van der Waals surface area (Å²) >= 11 is 0. The highest BCUT2D eigenvalue weighted by Crippen LogP contribution is 2.20. The third-order valence-corrected chi connectivity index (χ3v) is 4.78. The zero-order valence-electron chi connectivity index (χ0n) is 16.0. The highest BCUT2D eigenvalue weighted by atomic mass is 14.1. The summed E-state index contributed by atoms with van der Waals surface area (Å²) in [5.41, 5.74) is 0. The van der Waals surface area contributed by atoms with Crippen molar-refractivity contribution in [3.63, 3.8) is 0 Å². The van der Waals surface area contributed by atoms with Crippen LogP contribution in [0.1, 0.15) is 116 Å². The molecule has 0 nitrogen and oxygen atoms in total. The predicted molar refractivity (Wildman–Crippen MR) is 106 cm³/mol. The molecule has 0 rings (SSSR count). The lowest BCUT2D eigenvalue weighted by atomic mass is 9.93. The second-order valence-electron chi connectivity index (χ2n) is 6.95. The van der Waals surface area contributed by atoms with Gasteiger partial charge in [0.25, 0.3) is 0 Å². The summed E-state index contributed by atoms with van der Waals surface area (Å²) in [5, 5.41) is 0. The lowest BCUT2D eigenvalue weighted by molar-refractivity contribution is 0.405. The highest BCUT2D eigenvalue weighted by molar-refractivity contribution is 4.98. The van der Waals surface area contributed by atoms with Gasteiger partial charge >= 0.3 is 0 Å². The molecule has 0 heteroatoms. The van der Waals surface area contributed by atoms with Crippen molar-refractivity contribution in [3.8, 4) is 11.8 Å². The fraction of sp³-hybridized carbons (Fsp3) is 0.826. The first-order valence-electron chi connectivity index (χ1n) is 10.4. The van der Waals surface area contributed by atoms with Crippen LogP contribution in [0.3, 0.4) is 0 Å². The molecule has 0 spiro atoms. The van der Waals surface area contributed by atoms with Crippen molar-refractivity contribution >= 4 is 0 Å². The Balaban J connectivity index is 3.41. The van der Waals surface area contributed by atoms with E-state index in [0.717, 1.165) is 31.6 Å². The van der Waals surface area contributed by atoms with E-state index < -0.39 is 0 Å². The molecule has 0 saturated carbocycles. The van der Waals surface area contributed by atoms with Crippen LogP contribution in [0.4, 0.5) is 0 Å². The molecule has 0 saturated heterocycles. The molecule has 0 aromatic rings. The van der Waals surface area contributed by atoms with E-state index >= 15 is 0 Å². The fourth-order valence-electron chi connectivity index (χ4n) is 3.09. The van der Waals surface area contributed by atoms with E-state index in [2.05, 4.69) is 32.6 Å². The van der Waals surface area contributed by atoms with Gasteiger partial charge < -0.3 is 0 Å². The number of rotatable bonds is 16. The number of hydrogen-bond donors (Lipinski definition) is 0. The lowest BCUT2D eigenvalue weighted by Gasteiger charge is -2.13. The average Bonchev–Trinajstić information content (AvgIpc) is 2.57. The minimum absolute atomic E-state index is 0.935. The maximum absolute atomic E-state index is 3.91. The van der Waals surface area contributed by atoms with Crippen LogP contribution < -0.4 is 0 Å².